The highest BCUT2D eigenvalue weighted by Crippen LogP contribution is 2.41. The van der Waals surface area contributed by atoms with E-state index in [0.717, 1.165) is 32.7 Å². The molecule has 0 bridgehead atoms. The van der Waals surface area contributed by atoms with Crippen LogP contribution in [0.25, 0.3) is 11.3 Å². The molecule has 1 amide bonds. The summed E-state index contributed by atoms with van der Waals surface area (Å²) in [4.78, 5) is 19.3. The van der Waals surface area contributed by atoms with E-state index >= 15 is 0 Å². The maximum absolute atomic E-state index is 12.9. The number of hydrogen-bond donors (Lipinski definition) is 2. The van der Waals surface area contributed by atoms with Gasteiger partial charge >= 0.3 is 0 Å². The second-order valence-electron chi connectivity index (χ2n) is 8.35. The predicted molar refractivity (Wildman–Crippen MR) is 144 cm³/mol. The highest BCUT2D eigenvalue weighted by molar-refractivity contribution is 9.10. The van der Waals surface area contributed by atoms with Gasteiger partial charge in [0, 0.05) is 21.9 Å². The van der Waals surface area contributed by atoms with Gasteiger partial charge in [-0.1, -0.05) is 46.3 Å². The van der Waals surface area contributed by atoms with E-state index in [4.69, 9.17) is 16.6 Å². The van der Waals surface area contributed by atoms with Crippen LogP contribution in [0.5, 0.6) is 0 Å². The Balaban J connectivity index is 1.47. The van der Waals surface area contributed by atoms with Crippen molar-refractivity contribution in [2.45, 2.75) is 19.0 Å². The first-order valence-corrected chi connectivity index (χ1v) is 12.4. The first-order valence-electron chi connectivity index (χ1n) is 11.2. The van der Waals surface area contributed by atoms with Gasteiger partial charge in [-0.25, -0.2) is 0 Å². The number of carbonyl (C=O) groups is 1. The Labute approximate surface area is 217 Å². The minimum Gasteiger partial charge on any atom is -0.459 e. The van der Waals surface area contributed by atoms with E-state index in [1.54, 1.807) is 6.20 Å². The lowest BCUT2D eigenvalue weighted by Gasteiger charge is -2.25. The van der Waals surface area contributed by atoms with Gasteiger partial charge in [0.25, 0.3) is 0 Å². The topological polar surface area (TPSA) is 70.4 Å². The molecule has 2 atom stereocenters. The van der Waals surface area contributed by atoms with Crippen LogP contribution in [0, 0.1) is 6.92 Å². The number of nitrogens with one attached hydrogen (secondary N) is 2. The average molecular weight is 547 g/mol. The summed E-state index contributed by atoms with van der Waals surface area (Å²) in [6, 6.07) is 24.5. The van der Waals surface area contributed by atoms with Crippen LogP contribution in [0.3, 0.4) is 0 Å². The molecule has 0 radical (unpaired) electrons. The van der Waals surface area contributed by atoms with Crippen LogP contribution in [0.1, 0.15) is 29.1 Å². The molecular formula is C27H23BrN4O2S. The van der Waals surface area contributed by atoms with Crippen LogP contribution in [0.4, 0.5) is 5.69 Å². The van der Waals surface area contributed by atoms with E-state index in [9.17, 15) is 4.79 Å². The number of furan rings is 1. The molecule has 2 aromatic carbocycles. The second kappa shape index (κ2) is 10.0. The monoisotopic (exact) mass is 546 g/mol. The molecule has 0 saturated carbocycles. The van der Waals surface area contributed by atoms with E-state index in [2.05, 4.69) is 37.6 Å². The number of rotatable bonds is 6. The number of carbonyl (C=O) groups excluding carboxylic acids is 1. The molecule has 0 spiro atoms. The van der Waals surface area contributed by atoms with Crippen molar-refractivity contribution in [1.82, 2.24) is 15.2 Å². The number of thiocarbonyl (C=S) groups is 1. The third-order valence-electron chi connectivity index (χ3n) is 5.88. The lowest BCUT2D eigenvalue weighted by molar-refractivity contribution is -0.116. The maximum Gasteiger partial charge on any atom is 0.244 e. The number of hydrogen-bond acceptors (Lipinski definition) is 4. The van der Waals surface area contributed by atoms with Crippen molar-refractivity contribution in [3.05, 3.63) is 107 Å². The Morgan fingerprint density at radius 1 is 1.11 bits per heavy atom. The molecule has 0 unspecified atom stereocenters. The zero-order valence-electron chi connectivity index (χ0n) is 18.9. The minimum absolute atomic E-state index is 0.0684. The van der Waals surface area contributed by atoms with Gasteiger partial charge in [0.15, 0.2) is 5.11 Å². The maximum atomic E-state index is 12.9. The van der Waals surface area contributed by atoms with E-state index in [1.807, 2.05) is 84.6 Å². The Bertz CT molecular complexity index is 1360. The Morgan fingerprint density at radius 3 is 2.66 bits per heavy atom. The van der Waals surface area contributed by atoms with Gasteiger partial charge in [-0.2, -0.15) is 0 Å². The molecule has 1 aliphatic rings. The molecule has 2 aromatic heterocycles. The Kier molecular flexibility index (Phi) is 6.66. The van der Waals surface area contributed by atoms with Gasteiger partial charge in [0.2, 0.25) is 5.91 Å². The minimum atomic E-state index is -0.350. The van der Waals surface area contributed by atoms with Crippen LogP contribution >= 0.6 is 28.1 Å². The van der Waals surface area contributed by atoms with Crippen LogP contribution in [0.2, 0.25) is 0 Å². The number of pyridine rings is 1. The molecule has 5 rings (SSSR count). The van der Waals surface area contributed by atoms with Crippen molar-refractivity contribution in [1.29, 1.82) is 0 Å². The third-order valence-corrected chi connectivity index (χ3v) is 6.89. The smallest absolute Gasteiger partial charge is 0.244 e. The zero-order chi connectivity index (χ0) is 24.4. The van der Waals surface area contributed by atoms with Crippen molar-refractivity contribution in [2.24, 2.45) is 0 Å². The standard InChI is InChI=1S/C27H23BrN4O2S/c1-17-10-11-19(20(28)15-17)22-12-13-23(34-22)26-25(21-9-5-6-14-29-21)31-27(35)32(26)16-24(33)30-18-7-3-2-4-8-18/h2-15,25-26H,16H2,1H3,(H,30,33)(H,31,35)/t25-,26+/m0/s1. The van der Waals surface area contributed by atoms with Crippen molar-refractivity contribution in [3.8, 4) is 11.3 Å². The first-order chi connectivity index (χ1) is 17.0. The molecule has 1 saturated heterocycles. The molecule has 3 heterocycles. The number of benzene rings is 2. The van der Waals surface area contributed by atoms with Crippen LogP contribution in [-0.4, -0.2) is 27.4 Å². The summed E-state index contributed by atoms with van der Waals surface area (Å²) >= 11 is 9.32. The molecular weight excluding hydrogens is 524 g/mol. The number of halogens is 1. The number of aryl methyl sites for hydroxylation is 1. The normalized spacial score (nSPS) is 17.3. The van der Waals surface area contributed by atoms with Crippen molar-refractivity contribution >= 4 is 44.9 Å². The van der Waals surface area contributed by atoms with Crippen LogP contribution in [0.15, 0.2) is 93.9 Å². The van der Waals surface area contributed by atoms with E-state index in [0.29, 0.717) is 10.9 Å². The van der Waals surface area contributed by atoms with E-state index in [-0.39, 0.29) is 24.5 Å². The van der Waals surface area contributed by atoms with Crippen LogP contribution < -0.4 is 10.6 Å². The van der Waals surface area contributed by atoms with Crippen LogP contribution in [-0.2, 0) is 4.79 Å². The molecule has 1 fully saturated rings. The van der Waals surface area contributed by atoms with Gasteiger partial charge in [-0.3, -0.25) is 9.78 Å². The molecule has 35 heavy (non-hydrogen) atoms. The van der Waals surface area contributed by atoms with Gasteiger partial charge in [-0.05, 0) is 73.2 Å². The summed E-state index contributed by atoms with van der Waals surface area (Å²) in [5, 5.41) is 6.77. The van der Waals surface area contributed by atoms with Crippen molar-refractivity contribution < 1.29 is 9.21 Å². The van der Waals surface area contributed by atoms with Crippen molar-refractivity contribution in [3.63, 3.8) is 0 Å². The average Bonchev–Trinajstić information content (AvgIpc) is 3.45. The summed E-state index contributed by atoms with van der Waals surface area (Å²) in [6.45, 7) is 2.11. The number of para-hydroxylation sites is 1. The molecule has 4 aromatic rings. The van der Waals surface area contributed by atoms with Gasteiger partial charge < -0.3 is 20.0 Å². The number of anilines is 1. The summed E-state index contributed by atoms with van der Waals surface area (Å²) in [7, 11) is 0. The number of aromatic nitrogens is 1. The quantitative estimate of drug-likeness (QED) is 0.288. The molecule has 1 aliphatic heterocycles. The highest BCUT2D eigenvalue weighted by atomic mass is 79.9. The van der Waals surface area contributed by atoms with Crippen molar-refractivity contribution in [2.75, 3.05) is 11.9 Å². The fourth-order valence-corrected chi connectivity index (χ4v) is 5.23. The predicted octanol–water partition coefficient (Wildman–Crippen LogP) is 6.02. The lowest BCUT2D eigenvalue weighted by atomic mass is 10.0. The summed E-state index contributed by atoms with van der Waals surface area (Å²) in [5.41, 5.74) is 3.67. The highest BCUT2D eigenvalue weighted by Gasteiger charge is 2.42. The van der Waals surface area contributed by atoms with E-state index in [1.165, 1.54) is 0 Å². The largest absolute Gasteiger partial charge is 0.459 e. The molecule has 176 valence electrons. The fraction of sp³-hybridized carbons (Fsp3) is 0.148. The molecule has 8 heteroatoms. The first kappa shape index (κ1) is 23.3. The molecule has 0 aliphatic carbocycles. The van der Waals surface area contributed by atoms with Gasteiger partial charge in [0.1, 0.15) is 24.1 Å². The second-order valence-corrected chi connectivity index (χ2v) is 9.60. The Morgan fingerprint density at radius 2 is 1.91 bits per heavy atom. The fourth-order valence-electron chi connectivity index (χ4n) is 4.24. The Hall–Kier alpha value is -3.49. The van der Waals surface area contributed by atoms with E-state index < -0.39 is 0 Å². The zero-order valence-corrected chi connectivity index (χ0v) is 21.3. The number of nitrogens with zero attached hydrogens (tertiary/aromatic N) is 2. The SMILES string of the molecule is Cc1ccc(-c2ccc([C@@H]3[C@H](c4ccccn4)NC(=S)N3CC(=O)Nc3ccccc3)o2)c(Br)c1. The van der Waals surface area contributed by atoms with Gasteiger partial charge in [0.05, 0.1) is 11.7 Å². The molecule has 6 nitrogen and oxygen atoms in total. The lowest BCUT2D eigenvalue weighted by Crippen LogP contribution is -2.36. The van der Waals surface area contributed by atoms with Gasteiger partial charge in [-0.15, -0.1) is 0 Å². The summed E-state index contributed by atoms with van der Waals surface area (Å²) in [5.74, 6) is 1.27. The molecule has 2 N–H and O–H groups in total. The number of amides is 1. The summed E-state index contributed by atoms with van der Waals surface area (Å²) < 4.78 is 7.33. The third kappa shape index (κ3) is 4.99. The summed E-state index contributed by atoms with van der Waals surface area (Å²) in [6.07, 6.45) is 1.75.